The topological polar surface area (TPSA) is 9.23 Å². The number of hydrogen-bond donors (Lipinski definition) is 1. The molecule has 3 heteroatoms. The molecule has 1 aromatic rings. The molecule has 0 aliphatic heterocycles. The van der Waals surface area contributed by atoms with Crippen LogP contribution in [0.4, 0.5) is 0 Å². The van der Waals surface area contributed by atoms with Gasteiger partial charge in [-0.15, -0.1) is 11.7 Å². The minimum absolute atomic E-state index is 0.427. The number of rotatable bonds is 3. The first-order valence-electron chi connectivity index (χ1n) is 4.97. The lowest BCUT2D eigenvalue weighted by molar-refractivity contribution is 0.205. The minimum atomic E-state index is 0.427. The lowest BCUT2D eigenvalue weighted by Crippen LogP contribution is -2.11. The molecule has 0 bridgehead atoms. The molecule has 1 saturated carbocycles. The average Bonchev–Trinajstić information content (AvgIpc) is 2.71. The van der Waals surface area contributed by atoms with Crippen molar-refractivity contribution in [2.75, 3.05) is 0 Å². The van der Waals surface area contributed by atoms with Crippen molar-refractivity contribution in [1.29, 1.82) is 0 Å². The van der Waals surface area contributed by atoms with Gasteiger partial charge in [0.1, 0.15) is 5.75 Å². The number of benzene rings is 1. The van der Waals surface area contributed by atoms with Crippen LogP contribution in [0, 0.1) is 0 Å². The number of hydrogen-bond acceptors (Lipinski definition) is 3. The van der Waals surface area contributed by atoms with Crippen LogP contribution in [0.5, 0.6) is 5.75 Å². The van der Waals surface area contributed by atoms with Crippen LogP contribution in [-0.2, 0) is 0 Å². The summed E-state index contributed by atoms with van der Waals surface area (Å²) >= 11 is 4.21. The Balaban J connectivity index is 2.07. The highest BCUT2D eigenvalue weighted by Crippen LogP contribution is 2.33. The van der Waals surface area contributed by atoms with Crippen molar-refractivity contribution in [1.82, 2.24) is 0 Å². The van der Waals surface area contributed by atoms with Gasteiger partial charge < -0.3 is 4.74 Å². The summed E-state index contributed by atoms with van der Waals surface area (Å²) in [4.78, 5) is 1.11. The fourth-order valence-corrected chi connectivity index (χ4v) is 2.61. The molecule has 1 fully saturated rings. The van der Waals surface area contributed by atoms with E-state index < -0.39 is 0 Å². The van der Waals surface area contributed by atoms with E-state index in [4.69, 9.17) is 4.74 Å². The summed E-state index contributed by atoms with van der Waals surface area (Å²) in [6.45, 7) is 0. The van der Waals surface area contributed by atoms with Gasteiger partial charge in [0.25, 0.3) is 0 Å². The molecule has 1 aliphatic carbocycles. The van der Waals surface area contributed by atoms with E-state index in [1.807, 2.05) is 24.3 Å². The standard InChI is InChI=1S/C11H14OS2/c13-14-11-8-4-3-7-10(11)12-9-5-1-2-6-9/h3-4,7-9,13H,1-2,5-6H2. The van der Waals surface area contributed by atoms with Crippen molar-refractivity contribution < 1.29 is 4.74 Å². The molecule has 0 aromatic heterocycles. The van der Waals surface area contributed by atoms with Gasteiger partial charge in [-0.25, -0.2) is 0 Å². The monoisotopic (exact) mass is 226 g/mol. The van der Waals surface area contributed by atoms with Crippen molar-refractivity contribution in [2.45, 2.75) is 36.7 Å². The zero-order valence-electron chi connectivity index (χ0n) is 7.98. The van der Waals surface area contributed by atoms with Crippen molar-refractivity contribution >= 4 is 22.5 Å². The molecule has 1 aromatic carbocycles. The Kier molecular flexibility index (Phi) is 3.65. The largest absolute Gasteiger partial charge is 0.489 e. The molecule has 1 nitrogen and oxygen atoms in total. The lowest BCUT2D eigenvalue weighted by Gasteiger charge is -2.14. The van der Waals surface area contributed by atoms with Crippen LogP contribution in [0.1, 0.15) is 25.7 Å². The van der Waals surface area contributed by atoms with Crippen molar-refractivity contribution in [2.24, 2.45) is 0 Å². The number of thiol groups is 1. The second kappa shape index (κ2) is 4.99. The second-order valence-corrected chi connectivity index (χ2v) is 4.73. The molecule has 76 valence electrons. The lowest BCUT2D eigenvalue weighted by atomic mass is 10.3. The Labute approximate surface area is 94.0 Å². The van der Waals surface area contributed by atoms with Crippen LogP contribution in [-0.4, -0.2) is 6.10 Å². The molecule has 0 saturated heterocycles. The van der Waals surface area contributed by atoms with Crippen LogP contribution in [0.2, 0.25) is 0 Å². The van der Waals surface area contributed by atoms with Gasteiger partial charge in [-0.3, -0.25) is 0 Å². The summed E-state index contributed by atoms with van der Waals surface area (Å²) in [5.41, 5.74) is 0. The van der Waals surface area contributed by atoms with Gasteiger partial charge in [-0.2, -0.15) is 0 Å². The minimum Gasteiger partial charge on any atom is -0.489 e. The Hall–Kier alpha value is -0.280. The Morgan fingerprint density at radius 3 is 2.64 bits per heavy atom. The fraction of sp³-hybridized carbons (Fsp3) is 0.455. The first-order valence-corrected chi connectivity index (χ1v) is 6.84. The van der Waals surface area contributed by atoms with Gasteiger partial charge in [0.15, 0.2) is 0 Å². The quantitative estimate of drug-likeness (QED) is 0.617. The van der Waals surface area contributed by atoms with E-state index in [2.05, 4.69) is 11.7 Å². The number of para-hydroxylation sites is 1. The molecular weight excluding hydrogens is 212 g/mol. The molecule has 2 rings (SSSR count). The van der Waals surface area contributed by atoms with Gasteiger partial charge in [0.05, 0.1) is 11.0 Å². The predicted molar refractivity (Wildman–Crippen MR) is 64.2 cm³/mol. The highest BCUT2D eigenvalue weighted by Gasteiger charge is 2.17. The molecular formula is C11H14OS2. The van der Waals surface area contributed by atoms with Gasteiger partial charge in [0, 0.05) is 0 Å². The summed E-state index contributed by atoms with van der Waals surface area (Å²) in [6, 6.07) is 8.09. The summed E-state index contributed by atoms with van der Waals surface area (Å²) in [7, 11) is 1.45. The molecule has 0 unspecified atom stereocenters. The van der Waals surface area contributed by atoms with Crippen LogP contribution in [0.15, 0.2) is 29.2 Å². The molecule has 0 spiro atoms. The zero-order valence-corrected chi connectivity index (χ0v) is 9.69. The highest BCUT2D eigenvalue weighted by molar-refractivity contribution is 8.68. The number of ether oxygens (including phenoxy) is 1. The third kappa shape index (κ3) is 2.39. The van der Waals surface area contributed by atoms with Gasteiger partial charge >= 0.3 is 0 Å². The molecule has 0 radical (unpaired) electrons. The molecule has 0 atom stereocenters. The second-order valence-electron chi connectivity index (χ2n) is 3.56. The van der Waals surface area contributed by atoms with Crippen LogP contribution in [0.25, 0.3) is 0 Å². The van der Waals surface area contributed by atoms with E-state index >= 15 is 0 Å². The maximum Gasteiger partial charge on any atom is 0.134 e. The van der Waals surface area contributed by atoms with E-state index in [1.165, 1.54) is 36.5 Å². The molecule has 0 N–H and O–H groups in total. The van der Waals surface area contributed by atoms with E-state index in [1.54, 1.807) is 0 Å². The fourth-order valence-electron chi connectivity index (χ4n) is 1.81. The zero-order chi connectivity index (χ0) is 9.80. The predicted octanol–water partition coefficient (Wildman–Crippen LogP) is 3.94. The van der Waals surface area contributed by atoms with Crippen LogP contribution in [0.3, 0.4) is 0 Å². The SMILES string of the molecule is SSc1ccccc1OC1CCCC1. The summed E-state index contributed by atoms with van der Waals surface area (Å²) in [6.07, 6.45) is 5.44. The molecule has 0 heterocycles. The first kappa shape index (κ1) is 10.2. The van der Waals surface area contributed by atoms with E-state index in [0.29, 0.717) is 6.10 Å². The Morgan fingerprint density at radius 1 is 1.21 bits per heavy atom. The molecule has 14 heavy (non-hydrogen) atoms. The van der Waals surface area contributed by atoms with E-state index in [0.717, 1.165) is 10.6 Å². The van der Waals surface area contributed by atoms with Crippen molar-refractivity contribution in [3.05, 3.63) is 24.3 Å². The molecule has 1 aliphatic rings. The maximum absolute atomic E-state index is 5.93. The normalized spacial score (nSPS) is 17.2. The summed E-state index contributed by atoms with van der Waals surface area (Å²) in [5, 5.41) is 0. The van der Waals surface area contributed by atoms with Crippen molar-refractivity contribution in [3.8, 4) is 5.75 Å². The summed E-state index contributed by atoms with van der Waals surface area (Å²) < 4.78 is 5.93. The first-order chi connectivity index (χ1) is 6.90. The van der Waals surface area contributed by atoms with Gasteiger partial charge in [0.2, 0.25) is 0 Å². The Morgan fingerprint density at radius 2 is 1.93 bits per heavy atom. The van der Waals surface area contributed by atoms with Gasteiger partial charge in [-0.05, 0) is 37.8 Å². The highest BCUT2D eigenvalue weighted by atomic mass is 33.1. The summed E-state index contributed by atoms with van der Waals surface area (Å²) in [5.74, 6) is 0.986. The average molecular weight is 226 g/mol. The smallest absolute Gasteiger partial charge is 0.134 e. The van der Waals surface area contributed by atoms with Crippen LogP contribution < -0.4 is 4.74 Å². The van der Waals surface area contributed by atoms with Gasteiger partial charge in [-0.1, -0.05) is 22.9 Å². The third-order valence-corrected chi connectivity index (χ3v) is 3.67. The van der Waals surface area contributed by atoms with Crippen molar-refractivity contribution in [3.63, 3.8) is 0 Å². The maximum atomic E-state index is 5.93. The van der Waals surface area contributed by atoms with Crippen LogP contribution >= 0.6 is 22.5 Å². The molecule has 0 amide bonds. The van der Waals surface area contributed by atoms with E-state index in [9.17, 15) is 0 Å². The van der Waals surface area contributed by atoms with E-state index in [-0.39, 0.29) is 0 Å². The Bertz CT molecular complexity index is 295. The third-order valence-electron chi connectivity index (χ3n) is 2.54.